The van der Waals surface area contributed by atoms with Crippen molar-refractivity contribution < 1.29 is 19.6 Å². The van der Waals surface area contributed by atoms with Crippen molar-refractivity contribution in [2.75, 3.05) is 25.0 Å². The van der Waals surface area contributed by atoms with E-state index >= 15 is 0 Å². The lowest BCUT2D eigenvalue weighted by Gasteiger charge is -2.23. The third-order valence-corrected chi connectivity index (χ3v) is 2.76. The lowest BCUT2D eigenvalue weighted by Crippen LogP contribution is -2.36. The van der Waals surface area contributed by atoms with Crippen molar-refractivity contribution in [3.05, 3.63) is 33.9 Å². The maximum atomic E-state index is 11.4. The number of carboxylic acid groups (broad SMARTS) is 1. The molecule has 0 radical (unpaired) electrons. The largest absolute Gasteiger partial charge is 0.478 e. The smallest absolute Gasteiger partial charge is 0.337 e. The quantitative estimate of drug-likeness (QED) is 0.590. The monoisotopic (exact) mass is 281 g/mol. The Hall–Kier alpha value is -2.64. The number of rotatable bonds is 6. The van der Waals surface area contributed by atoms with Crippen molar-refractivity contribution in [2.24, 2.45) is 0 Å². The fourth-order valence-electron chi connectivity index (χ4n) is 1.70. The first-order valence-electron chi connectivity index (χ1n) is 5.88. The second-order valence-corrected chi connectivity index (χ2v) is 3.95. The van der Waals surface area contributed by atoms with E-state index in [1.165, 1.54) is 18.0 Å². The molecule has 20 heavy (non-hydrogen) atoms. The molecule has 0 aliphatic heterocycles. The Morgan fingerprint density at radius 1 is 1.45 bits per heavy atom. The van der Waals surface area contributed by atoms with Crippen molar-refractivity contribution in [1.82, 2.24) is 5.32 Å². The second kappa shape index (κ2) is 6.50. The average Bonchev–Trinajstić information content (AvgIpc) is 2.43. The standard InChI is InChI=1S/C12H15N3O5/c1-3-14(7-11(16)13-2)10-6-8(15(19)20)4-5-9(10)12(17)18/h4-6H,3,7H2,1-2H3,(H,13,16)(H,17,18). The number of carbonyl (C=O) groups excluding carboxylic acids is 1. The van der Waals surface area contributed by atoms with Gasteiger partial charge in [0.1, 0.15) is 0 Å². The zero-order chi connectivity index (χ0) is 15.3. The zero-order valence-corrected chi connectivity index (χ0v) is 11.1. The van der Waals surface area contributed by atoms with E-state index in [1.807, 2.05) is 0 Å². The molecule has 0 heterocycles. The van der Waals surface area contributed by atoms with Gasteiger partial charge in [-0.25, -0.2) is 4.79 Å². The van der Waals surface area contributed by atoms with Crippen LogP contribution < -0.4 is 10.2 Å². The second-order valence-electron chi connectivity index (χ2n) is 3.95. The van der Waals surface area contributed by atoms with Crippen molar-refractivity contribution in [3.63, 3.8) is 0 Å². The fourth-order valence-corrected chi connectivity index (χ4v) is 1.70. The molecule has 2 N–H and O–H groups in total. The topological polar surface area (TPSA) is 113 Å². The number of amides is 1. The molecule has 1 rings (SSSR count). The molecule has 0 atom stereocenters. The molecule has 0 aliphatic carbocycles. The number of anilines is 1. The minimum atomic E-state index is -1.20. The minimum absolute atomic E-state index is 0.0750. The van der Waals surface area contributed by atoms with Crippen LogP contribution in [0.1, 0.15) is 17.3 Å². The maximum absolute atomic E-state index is 11.4. The Kier molecular flexibility index (Phi) is 5.01. The van der Waals surface area contributed by atoms with Crippen LogP contribution in [0.5, 0.6) is 0 Å². The Morgan fingerprint density at radius 3 is 2.55 bits per heavy atom. The molecule has 0 aromatic heterocycles. The molecule has 0 spiro atoms. The summed E-state index contributed by atoms with van der Waals surface area (Å²) in [6, 6.07) is 3.46. The van der Waals surface area contributed by atoms with Crippen LogP contribution in [-0.2, 0) is 4.79 Å². The van der Waals surface area contributed by atoms with Gasteiger partial charge < -0.3 is 15.3 Å². The van der Waals surface area contributed by atoms with Crippen molar-refractivity contribution in [2.45, 2.75) is 6.92 Å². The molecule has 0 unspecified atom stereocenters. The number of carboxylic acids is 1. The first-order chi connectivity index (χ1) is 9.40. The van der Waals surface area contributed by atoms with Crippen LogP contribution in [0.15, 0.2) is 18.2 Å². The fraction of sp³-hybridized carbons (Fsp3) is 0.333. The van der Waals surface area contributed by atoms with Crippen LogP contribution in [0.3, 0.4) is 0 Å². The highest BCUT2D eigenvalue weighted by Crippen LogP contribution is 2.26. The average molecular weight is 281 g/mol. The molecule has 1 aromatic rings. The van der Waals surface area contributed by atoms with E-state index in [2.05, 4.69) is 5.32 Å². The minimum Gasteiger partial charge on any atom is -0.478 e. The highest BCUT2D eigenvalue weighted by Gasteiger charge is 2.20. The number of non-ortho nitro benzene ring substituents is 1. The van der Waals surface area contributed by atoms with Crippen LogP contribution in [0, 0.1) is 10.1 Å². The number of likely N-dealkylation sites (N-methyl/N-ethyl adjacent to an activating group) is 2. The summed E-state index contributed by atoms with van der Waals surface area (Å²) in [6.07, 6.45) is 0. The Balaban J connectivity index is 3.28. The molecule has 0 saturated carbocycles. The maximum Gasteiger partial charge on any atom is 0.337 e. The van der Waals surface area contributed by atoms with Crippen molar-refractivity contribution in [1.29, 1.82) is 0 Å². The van der Waals surface area contributed by atoms with Gasteiger partial charge in [-0.05, 0) is 13.0 Å². The van der Waals surface area contributed by atoms with Crippen molar-refractivity contribution >= 4 is 23.3 Å². The third-order valence-electron chi connectivity index (χ3n) is 2.76. The van der Waals surface area contributed by atoms with Gasteiger partial charge in [0.05, 0.1) is 22.7 Å². The number of hydrogen-bond donors (Lipinski definition) is 2. The van der Waals surface area contributed by atoms with Gasteiger partial charge in [-0.1, -0.05) is 0 Å². The SMILES string of the molecule is CCN(CC(=O)NC)c1cc([N+](=O)[O-])ccc1C(=O)O. The van der Waals surface area contributed by atoms with Crippen LogP contribution in [0.4, 0.5) is 11.4 Å². The highest BCUT2D eigenvalue weighted by molar-refractivity contribution is 5.96. The van der Waals surface area contributed by atoms with Gasteiger partial charge in [-0.2, -0.15) is 0 Å². The molecule has 8 heteroatoms. The Labute approximate surface area is 115 Å². The van der Waals surface area contributed by atoms with Crippen LogP contribution in [-0.4, -0.2) is 42.0 Å². The summed E-state index contributed by atoms with van der Waals surface area (Å²) in [5.41, 5.74) is -0.153. The zero-order valence-electron chi connectivity index (χ0n) is 11.1. The van der Waals surface area contributed by atoms with Gasteiger partial charge >= 0.3 is 5.97 Å². The summed E-state index contributed by atoms with van der Waals surface area (Å²) in [5, 5.41) is 22.3. The normalized spacial score (nSPS) is 9.90. The van der Waals surface area contributed by atoms with Gasteiger partial charge in [0.25, 0.3) is 5.69 Å². The van der Waals surface area contributed by atoms with Crippen LogP contribution >= 0.6 is 0 Å². The van der Waals surface area contributed by atoms with E-state index in [9.17, 15) is 19.7 Å². The summed E-state index contributed by atoms with van der Waals surface area (Å²) >= 11 is 0. The predicted octanol–water partition coefficient (Wildman–Crippen LogP) is 0.865. The first kappa shape index (κ1) is 15.4. The molecule has 108 valence electrons. The molecule has 1 aromatic carbocycles. The number of aromatic carboxylic acids is 1. The number of nitro groups is 1. The summed E-state index contributed by atoms with van der Waals surface area (Å²) in [4.78, 5) is 34.2. The highest BCUT2D eigenvalue weighted by atomic mass is 16.6. The van der Waals surface area contributed by atoms with Crippen LogP contribution in [0.25, 0.3) is 0 Å². The predicted molar refractivity (Wildman–Crippen MR) is 72.0 cm³/mol. The summed E-state index contributed by atoms with van der Waals surface area (Å²) < 4.78 is 0. The summed E-state index contributed by atoms with van der Waals surface area (Å²) in [5.74, 6) is -1.51. The number of carbonyl (C=O) groups is 2. The lowest BCUT2D eigenvalue weighted by molar-refractivity contribution is -0.384. The Morgan fingerprint density at radius 2 is 2.10 bits per heavy atom. The number of benzene rings is 1. The number of nitrogens with zero attached hydrogens (tertiary/aromatic N) is 2. The van der Waals surface area contributed by atoms with Gasteiger partial charge in [0.15, 0.2) is 0 Å². The number of nitrogens with one attached hydrogen (secondary N) is 1. The van der Waals surface area contributed by atoms with Gasteiger partial charge in [-0.15, -0.1) is 0 Å². The van der Waals surface area contributed by atoms with Gasteiger partial charge in [0.2, 0.25) is 5.91 Å². The van der Waals surface area contributed by atoms with E-state index in [1.54, 1.807) is 6.92 Å². The Bertz CT molecular complexity index is 544. The molecule has 0 saturated heterocycles. The van der Waals surface area contributed by atoms with E-state index in [0.717, 1.165) is 12.1 Å². The third kappa shape index (κ3) is 3.44. The first-order valence-corrected chi connectivity index (χ1v) is 5.88. The van der Waals surface area contributed by atoms with E-state index in [0.29, 0.717) is 6.54 Å². The molecule has 8 nitrogen and oxygen atoms in total. The molecule has 0 fully saturated rings. The van der Waals surface area contributed by atoms with Gasteiger partial charge in [-0.3, -0.25) is 14.9 Å². The number of nitro benzene ring substituents is 1. The lowest BCUT2D eigenvalue weighted by atomic mass is 10.1. The molecule has 0 bridgehead atoms. The van der Waals surface area contributed by atoms with E-state index < -0.39 is 10.9 Å². The van der Waals surface area contributed by atoms with Crippen molar-refractivity contribution in [3.8, 4) is 0 Å². The van der Waals surface area contributed by atoms with Gasteiger partial charge in [0, 0.05) is 25.7 Å². The number of hydrogen-bond acceptors (Lipinski definition) is 5. The summed E-state index contributed by atoms with van der Waals surface area (Å²) in [6.45, 7) is 2.00. The molecule has 1 amide bonds. The van der Waals surface area contributed by atoms with E-state index in [4.69, 9.17) is 5.11 Å². The molecule has 0 aliphatic rings. The summed E-state index contributed by atoms with van der Waals surface area (Å²) in [7, 11) is 1.46. The van der Waals surface area contributed by atoms with Crippen LogP contribution in [0.2, 0.25) is 0 Å². The molecular weight excluding hydrogens is 266 g/mol. The molecular formula is C12H15N3O5. The van der Waals surface area contributed by atoms with E-state index in [-0.39, 0.29) is 29.4 Å².